The van der Waals surface area contributed by atoms with Gasteiger partial charge in [-0.3, -0.25) is 9.78 Å². The van der Waals surface area contributed by atoms with Gasteiger partial charge in [-0.15, -0.1) is 0 Å². The van der Waals surface area contributed by atoms with E-state index in [2.05, 4.69) is 4.98 Å². The van der Waals surface area contributed by atoms with Crippen LogP contribution in [0.15, 0.2) is 54.7 Å². The van der Waals surface area contributed by atoms with Crippen LogP contribution < -0.4 is 0 Å². The number of carbonyl (C=O) groups excluding carboxylic acids is 1. The molecule has 0 aliphatic carbocycles. The molecule has 0 fully saturated rings. The van der Waals surface area contributed by atoms with Crippen LogP contribution in [0.5, 0.6) is 0 Å². The molecule has 0 bridgehead atoms. The Morgan fingerprint density at radius 1 is 1.00 bits per heavy atom. The zero-order valence-electron chi connectivity index (χ0n) is 11.0. The third-order valence-electron chi connectivity index (χ3n) is 3.24. The summed E-state index contributed by atoms with van der Waals surface area (Å²) in [6.45, 7) is 0. The Morgan fingerprint density at radius 2 is 1.71 bits per heavy atom. The summed E-state index contributed by atoms with van der Waals surface area (Å²) >= 11 is 0. The molecule has 1 heterocycles. The van der Waals surface area contributed by atoms with Gasteiger partial charge in [0.25, 0.3) is 0 Å². The summed E-state index contributed by atoms with van der Waals surface area (Å²) in [7, 11) is 0. The van der Waals surface area contributed by atoms with E-state index in [9.17, 15) is 13.6 Å². The molecule has 0 aliphatic heterocycles. The van der Waals surface area contributed by atoms with E-state index in [1.807, 2.05) is 24.3 Å². The average Bonchev–Trinajstić information content (AvgIpc) is 2.45. The lowest BCUT2D eigenvalue weighted by atomic mass is 10.00. The van der Waals surface area contributed by atoms with Crippen molar-refractivity contribution in [3.05, 3.63) is 77.5 Å². The molecule has 1 aromatic heterocycles. The number of Topliss-reactive ketones (excluding diaryl/α,β-unsaturated/α-hetero) is 1. The normalized spacial score (nSPS) is 10.8. The van der Waals surface area contributed by atoms with E-state index in [-0.39, 0.29) is 12.2 Å². The second-order valence-electron chi connectivity index (χ2n) is 4.75. The molecule has 0 spiro atoms. The molecule has 0 saturated heterocycles. The lowest BCUT2D eigenvalue weighted by Crippen LogP contribution is -2.05. The third-order valence-corrected chi connectivity index (χ3v) is 3.24. The Balaban J connectivity index is 1.97. The van der Waals surface area contributed by atoms with Crippen molar-refractivity contribution in [3.63, 3.8) is 0 Å². The van der Waals surface area contributed by atoms with Crippen LogP contribution in [-0.2, 0) is 6.42 Å². The fourth-order valence-electron chi connectivity index (χ4n) is 2.33. The number of benzene rings is 2. The predicted octanol–water partition coefficient (Wildman–Crippen LogP) is 3.94. The van der Waals surface area contributed by atoms with Gasteiger partial charge in [0.1, 0.15) is 11.6 Å². The van der Waals surface area contributed by atoms with E-state index in [1.54, 1.807) is 12.3 Å². The lowest BCUT2D eigenvalue weighted by Gasteiger charge is -2.06. The van der Waals surface area contributed by atoms with Crippen molar-refractivity contribution in [2.75, 3.05) is 0 Å². The minimum Gasteiger partial charge on any atom is -0.294 e. The Morgan fingerprint density at radius 3 is 2.48 bits per heavy atom. The zero-order chi connectivity index (χ0) is 14.8. The van der Waals surface area contributed by atoms with Gasteiger partial charge in [0, 0.05) is 29.6 Å². The van der Waals surface area contributed by atoms with E-state index in [0.717, 1.165) is 11.5 Å². The number of halogens is 2. The van der Waals surface area contributed by atoms with Crippen molar-refractivity contribution < 1.29 is 13.6 Å². The van der Waals surface area contributed by atoms with Crippen molar-refractivity contribution in [2.45, 2.75) is 6.42 Å². The maximum atomic E-state index is 13.2. The second kappa shape index (κ2) is 5.40. The molecule has 104 valence electrons. The number of hydrogen-bond acceptors (Lipinski definition) is 2. The zero-order valence-corrected chi connectivity index (χ0v) is 11.0. The van der Waals surface area contributed by atoms with Crippen molar-refractivity contribution in [1.82, 2.24) is 4.98 Å². The number of para-hydroxylation sites is 1. The van der Waals surface area contributed by atoms with Crippen molar-refractivity contribution in [3.8, 4) is 0 Å². The molecular formula is C17H11F2NO. The number of nitrogens with zero attached hydrogens (tertiary/aromatic N) is 1. The molecule has 0 amide bonds. The van der Waals surface area contributed by atoms with E-state index < -0.39 is 11.6 Å². The number of carbonyl (C=O) groups is 1. The summed E-state index contributed by atoms with van der Waals surface area (Å²) in [5.74, 6) is -1.56. The molecule has 2 aromatic carbocycles. The molecule has 2 nitrogen and oxygen atoms in total. The molecular weight excluding hydrogens is 272 g/mol. The predicted molar refractivity (Wildman–Crippen MR) is 76.1 cm³/mol. The number of hydrogen-bond donors (Lipinski definition) is 0. The molecule has 0 unspecified atom stereocenters. The van der Waals surface area contributed by atoms with Gasteiger partial charge < -0.3 is 0 Å². The van der Waals surface area contributed by atoms with Gasteiger partial charge >= 0.3 is 0 Å². The summed E-state index contributed by atoms with van der Waals surface area (Å²) in [5.41, 5.74) is 1.54. The summed E-state index contributed by atoms with van der Waals surface area (Å²) in [5, 5.41) is 0.738. The van der Waals surface area contributed by atoms with Gasteiger partial charge in [0.2, 0.25) is 0 Å². The third kappa shape index (κ3) is 2.79. The SMILES string of the molecule is O=C(Cc1cc(F)cc(F)c1)c1ccnc2ccccc12. The molecule has 3 aromatic rings. The Bertz CT molecular complexity index is 804. The van der Waals surface area contributed by atoms with Crippen LogP contribution >= 0.6 is 0 Å². The first-order valence-corrected chi connectivity index (χ1v) is 6.45. The maximum absolute atomic E-state index is 13.2. The lowest BCUT2D eigenvalue weighted by molar-refractivity contribution is 0.0994. The number of pyridine rings is 1. The number of fused-ring (bicyclic) bond motifs is 1. The maximum Gasteiger partial charge on any atom is 0.167 e. The summed E-state index contributed by atoms with van der Waals surface area (Å²) in [4.78, 5) is 16.6. The Hall–Kier alpha value is -2.62. The molecule has 0 saturated carbocycles. The highest BCUT2D eigenvalue weighted by Gasteiger charge is 2.12. The highest BCUT2D eigenvalue weighted by Crippen LogP contribution is 2.19. The van der Waals surface area contributed by atoms with Gasteiger partial charge in [0.05, 0.1) is 5.52 Å². The minimum absolute atomic E-state index is 0.0529. The summed E-state index contributed by atoms with van der Waals surface area (Å²) in [6, 6.07) is 12.0. The highest BCUT2D eigenvalue weighted by atomic mass is 19.1. The molecule has 4 heteroatoms. The van der Waals surface area contributed by atoms with Gasteiger partial charge in [-0.25, -0.2) is 8.78 Å². The number of ketones is 1. The quantitative estimate of drug-likeness (QED) is 0.681. The van der Waals surface area contributed by atoms with Crippen LogP contribution in [0.25, 0.3) is 10.9 Å². The van der Waals surface area contributed by atoms with Crippen molar-refractivity contribution >= 4 is 16.7 Å². The highest BCUT2D eigenvalue weighted by molar-refractivity contribution is 6.07. The van der Waals surface area contributed by atoms with Crippen LogP contribution in [0, 0.1) is 11.6 Å². The first kappa shape index (κ1) is 13.4. The average molecular weight is 283 g/mol. The van der Waals surface area contributed by atoms with Crippen LogP contribution in [0.3, 0.4) is 0 Å². The van der Waals surface area contributed by atoms with Crippen LogP contribution in [0.4, 0.5) is 8.78 Å². The standard InChI is InChI=1S/C17H11F2NO/c18-12-7-11(8-13(19)10-12)9-17(21)15-5-6-20-16-4-2-1-3-14(15)16/h1-8,10H,9H2. The largest absolute Gasteiger partial charge is 0.294 e. The van der Waals surface area contributed by atoms with Crippen LogP contribution in [-0.4, -0.2) is 10.8 Å². The van der Waals surface area contributed by atoms with E-state index >= 15 is 0 Å². The summed E-state index contributed by atoms with van der Waals surface area (Å²) in [6.07, 6.45) is 1.50. The number of rotatable bonds is 3. The Labute approximate surface area is 120 Å². The van der Waals surface area contributed by atoms with E-state index in [4.69, 9.17) is 0 Å². The molecule has 21 heavy (non-hydrogen) atoms. The smallest absolute Gasteiger partial charge is 0.167 e. The fraction of sp³-hybridized carbons (Fsp3) is 0.0588. The van der Waals surface area contributed by atoms with Gasteiger partial charge in [-0.05, 0) is 29.8 Å². The molecule has 0 aliphatic rings. The van der Waals surface area contributed by atoms with Crippen LogP contribution in [0.1, 0.15) is 15.9 Å². The first-order valence-electron chi connectivity index (χ1n) is 6.45. The Kier molecular flexibility index (Phi) is 3.44. The topological polar surface area (TPSA) is 30.0 Å². The van der Waals surface area contributed by atoms with Gasteiger partial charge in [0.15, 0.2) is 5.78 Å². The molecule has 0 atom stereocenters. The fourth-order valence-corrected chi connectivity index (χ4v) is 2.33. The second-order valence-corrected chi connectivity index (χ2v) is 4.75. The molecule has 0 N–H and O–H groups in total. The first-order chi connectivity index (χ1) is 10.1. The van der Waals surface area contributed by atoms with Crippen molar-refractivity contribution in [1.29, 1.82) is 0 Å². The molecule has 0 radical (unpaired) electrons. The monoisotopic (exact) mass is 283 g/mol. The number of aromatic nitrogens is 1. The van der Waals surface area contributed by atoms with Crippen molar-refractivity contribution in [2.24, 2.45) is 0 Å². The van der Waals surface area contributed by atoms with Gasteiger partial charge in [-0.1, -0.05) is 18.2 Å². The van der Waals surface area contributed by atoms with E-state index in [0.29, 0.717) is 16.6 Å². The molecule has 3 rings (SSSR count). The van der Waals surface area contributed by atoms with E-state index in [1.165, 1.54) is 12.1 Å². The minimum atomic E-state index is -0.683. The van der Waals surface area contributed by atoms with Crippen LogP contribution in [0.2, 0.25) is 0 Å². The van der Waals surface area contributed by atoms with Gasteiger partial charge in [-0.2, -0.15) is 0 Å². The summed E-state index contributed by atoms with van der Waals surface area (Å²) < 4.78 is 26.3.